The third-order valence-electron chi connectivity index (χ3n) is 6.24. The molecular formula is C25H34N4O9S. The van der Waals surface area contributed by atoms with Crippen molar-refractivity contribution in [3.05, 3.63) is 35.9 Å². The van der Waals surface area contributed by atoms with E-state index in [0.29, 0.717) is 5.56 Å². The maximum absolute atomic E-state index is 13.0. The fraction of sp³-hybridized carbons (Fsp3) is 0.520. The van der Waals surface area contributed by atoms with Gasteiger partial charge in [-0.25, -0.2) is 4.79 Å². The van der Waals surface area contributed by atoms with Gasteiger partial charge in [0.25, 0.3) is 0 Å². The minimum Gasteiger partial charge on any atom is -0.481 e. The van der Waals surface area contributed by atoms with Crippen molar-refractivity contribution >= 4 is 48.3 Å². The molecule has 4 unspecified atom stereocenters. The molecule has 0 aromatic heterocycles. The Morgan fingerprint density at radius 1 is 0.821 bits per heavy atom. The third kappa shape index (κ3) is 10.9. The van der Waals surface area contributed by atoms with Gasteiger partial charge in [0.05, 0.1) is 6.42 Å². The highest BCUT2D eigenvalue weighted by atomic mass is 32.1. The Kier molecular flexibility index (Phi) is 12.7. The Morgan fingerprint density at radius 2 is 1.41 bits per heavy atom. The van der Waals surface area contributed by atoms with Crippen LogP contribution in [-0.4, -0.2) is 86.9 Å². The number of thiol groups is 1. The summed E-state index contributed by atoms with van der Waals surface area (Å²) in [6, 6.07) is 3.43. The first-order valence-electron chi connectivity index (χ1n) is 12.5. The highest BCUT2D eigenvalue weighted by Gasteiger charge is 2.31. The lowest BCUT2D eigenvalue weighted by Crippen LogP contribution is -2.57. The van der Waals surface area contributed by atoms with Gasteiger partial charge in [0, 0.05) is 24.6 Å². The van der Waals surface area contributed by atoms with E-state index in [2.05, 4.69) is 33.9 Å². The molecule has 0 saturated heterocycles. The number of hydrogen-bond acceptors (Lipinski definition) is 8. The molecule has 214 valence electrons. The van der Waals surface area contributed by atoms with Crippen molar-refractivity contribution in [2.75, 3.05) is 5.75 Å². The lowest BCUT2D eigenvalue weighted by Gasteiger charge is -2.29. The topological polar surface area (TPSA) is 211 Å². The summed E-state index contributed by atoms with van der Waals surface area (Å²) < 4.78 is 0. The summed E-state index contributed by atoms with van der Waals surface area (Å²) >= 11 is 3.91. The van der Waals surface area contributed by atoms with Gasteiger partial charge in [-0.2, -0.15) is 12.6 Å². The highest BCUT2D eigenvalue weighted by molar-refractivity contribution is 7.80. The number of carbonyl (C=O) groups excluding carboxylic acids is 3. The normalized spacial score (nSPS) is 16.0. The summed E-state index contributed by atoms with van der Waals surface area (Å²) in [5, 5.41) is 37.9. The molecule has 1 aromatic carbocycles. The van der Waals surface area contributed by atoms with Gasteiger partial charge in [0.1, 0.15) is 24.2 Å². The van der Waals surface area contributed by atoms with Crippen LogP contribution in [0.4, 0.5) is 0 Å². The highest BCUT2D eigenvalue weighted by Crippen LogP contribution is 2.19. The predicted molar refractivity (Wildman–Crippen MR) is 141 cm³/mol. The minimum absolute atomic E-state index is 0.0435. The fourth-order valence-electron chi connectivity index (χ4n) is 3.85. The van der Waals surface area contributed by atoms with Gasteiger partial charge in [-0.05, 0) is 24.8 Å². The van der Waals surface area contributed by atoms with Crippen molar-refractivity contribution in [1.82, 2.24) is 21.3 Å². The molecule has 1 aliphatic rings. The number of benzene rings is 1. The SMILES string of the molecule is O=C(O)CC(NC(=O)CCC(NC1CCC1)C(=O)O)C(=O)NC(Cc1ccccc1)C(=O)NC(CS)C(=O)O. The van der Waals surface area contributed by atoms with Crippen molar-refractivity contribution in [2.45, 2.75) is 75.2 Å². The van der Waals surface area contributed by atoms with Gasteiger partial charge in [0.2, 0.25) is 17.7 Å². The molecular weight excluding hydrogens is 532 g/mol. The van der Waals surface area contributed by atoms with Gasteiger partial charge < -0.3 is 36.6 Å². The first kappa shape index (κ1) is 31.6. The van der Waals surface area contributed by atoms with E-state index < -0.39 is 66.2 Å². The molecule has 0 bridgehead atoms. The van der Waals surface area contributed by atoms with E-state index >= 15 is 0 Å². The number of hydrogen-bond donors (Lipinski definition) is 8. The van der Waals surface area contributed by atoms with Crippen LogP contribution < -0.4 is 21.3 Å². The molecule has 1 fully saturated rings. The number of aliphatic carboxylic acids is 3. The second-order valence-electron chi connectivity index (χ2n) is 9.27. The molecule has 3 amide bonds. The van der Waals surface area contributed by atoms with Crippen molar-refractivity contribution in [2.24, 2.45) is 0 Å². The molecule has 0 spiro atoms. The van der Waals surface area contributed by atoms with Crippen LogP contribution in [0, 0.1) is 0 Å². The second kappa shape index (κ2) is 15.7. The molecule has 39 heavy (non-hydrogen) atoms. The Hall–Kier alpha value is -3.65. The summed E-state index contributed by atoms with van der Waals surface area (Å²) in [4.78, 5) is 72.8. The summed E-state index contributed by atoms with van der Waals surface area (Å²) in [5.74, 6) is -6.59. The maximum Gasteiger partial charge on any atom is 0.327 e. The van der Waals surface area contributed by atoms with E-state index in [1.54, 1.807) is 30.3 Å². The molecule has 13 nitrogen and oxygen atoms in total. The summed E-state index contributed by atoms with van der Waals surface area (Å²) in [5.41, 5.74) is 0.633. The van der Waals surface area contributed by atoms with Crippen LogP contribution in [0.2, 0.25) is 0 Å². The second-order valence-corrected chi connectivity index (χ2v) is 9.64. The van der Waals surface area contributed by atoms with Gasteiger partial charge >= 0.3 is 17.9 Å². The molecule has 4 atom stereocenters. The van der Waals surface area contributed by atoms with Crippen LogP contribution >= 0.6 is 12.6 Å². The molecule has 7 N–H and O–H groups in total. The molecule has 0 aliphatic heterocycles. The quantitative estimate of drug-likeness (QED) is 0.114. The van der Waals surface area contributed by atoms with E-state index in [1.165, 1.54) is 0 Å². The Morgan fingerprint density at radius 3 is 1.92 bits per heavy atom. The maximum atomic E-state index is 13.0. The predicted octanol–water partition coefficient (Wildman–Crippen LogP) is -0.452. The lowest BCUT2D eigenvalue weighted by molar-refractivity contribution is -0.142. The summed E-state index contributed by atoms with van der Waals surface area (Å²) in [6.45, 7) is 0. The van der Waals surface area contributed by atoms with E-state index in [9.17, 15) is 44.1 Å². The first-order chi connectivity index (χ1) is 18.5. The number of amides is 3. The van der Waals surface area contributed by atoms with Gasteiger partial charge in [-0.3, -0.25) is 24.0 Å². The van der Waals surface area contributed by atoms with Crippen molar-refractivity contribution in [3.63, 3.8) is 0 Å². The van der Waals surface area contributed by atoms with E-state index in [0.717, 1.165) is 19.3 Å². The minimum atomic E-state index is -1.57. The van der Waals surface area contributed by atoms with Gasteiger partial charge in [0.15, 0.2) is 0 Å². The number of rotatable bonds is 17. The first-order valence-corrected chi connectivity index (χ1v) is 13.1. The fourth-order valence-corrected chi connectivity index (χ4v) is 4.10. The van der Waals surface area contributed by atoms with Crippen molar-refractivity contribution < 1.29 is 44.1 Å². The number of carboxylic acids is 3. The largest absolute Gasteiger partial charge is 0.481 e. The summed E-state index contributed by atoms with van der Waals surface area (Å²) in [6.07, 6.45) is 1.48. The van der Waals surface area contributed by atoms with Crippen LogP contribution in [0.25, 0.3) is 0 Å². The van der Waals surface area contributed by atoms with Crippen molar-refractivity contribution in [1.29, 1.82) is 0 Å². The molecule has 2 rings (SSSR count). The summed E-state index contributed by atoms with van der Waals surface area (Å²) in [7, 11) is 0. The number of nitrogens with one attached hydrogen (secondary N) is 4. The monoisotopic (exact) mass is 566 g/mol. The molecule has 1 saturated carbocycles. The van der Waals surface area contributed by atoms with E-state index in [-0.39, 0.29) is 31.1 Å². The Balaban J connectivity index is 2.10. The van der Waals surface area contributed by atoms with Crippen molar-refractivity contribution in [3.8, 4) is 0 Å². The average Bonchev–Trinajstić information content (AvgIpc) is 2.85. The van der Waals surface area contributed by atoms with Gasteiger partial charge in [-0.15, -0.1) is 0 Å². The lowest BCUT2D eigenvalue weighted by atomic mass is 9.92. The third-order valence-corrected chi connectivity index (χ3v) is 6.61. The van der Waals surface area contributed by atoms with Crippen LogP contribution in [0.3, 0.4) is 0 Å². The average molecular weight is 567 g/mol. The molecule has 0 heterocycles. The smallest absolute Gasteiger partial charge is 0.327 e. The zero-order valence-electron chi connectivity index (χ0n) is 21.2. The van der Waals surface area contributed by atoms with E-state index in [4.69, 9.17) is 0 Å². The standard InChI is InChI=1S/C25H34N4O9S/c30-20(10-9-16(24(35)36)26-15-7-4-8-15)27-18(12-21(31)32)23(34)28-17(11-14-5-2-1-3-6-14)22(33)29-19(13-39)25(37)38/h1-3,5-6,15-19,26,39H,4,7-13H2,(H,27,30)(H,28,34)(H,29,33)(H,31,32)(H,35,36)(H,37,38). The molecule has 0 radical (unpaired) electrons. The van der Waals surface area contributed by atoms with Crippen LogP contribution in [-0.2, 0) is 35.2 Å². The van der Waals surface area contributed by atoms with Crippen LogP contribution in [0.1, 0.15) is 44.1 Å². The van der Waals surface area contributed by atoms with Crippen LogP contribution in [0.15, 0.2) is 30.3 Å². The number of carbonyl (C=O) groups is 6. The Bertz CT molecular complexity index is 1040. The Labute approximate surface area is 230 Å². The molecule has 14 heteroatoms. The van der Waals surface area contributed by atoms with Gasteiger partial charge in [-0.1, -0.05) is 36.8 Å². The van der Waals surface area contributed by atoms with E-state index in [1.807, 2.05) is 0 Å². The zero-order valence-corrected chi connectivity index (χ0v) is 22.1. The molecule has 1 aromatic rings. The number of carboxylic acid groups (broad SMARTS) is 3. The molecule has 1 aliphatic carbocycles. The zero-order chi connectivity index (χ0) is 28.9. The van der Waals surface area contributed by atoms with Crippen LogP contribution in [0.5, 0.6) is 0 Å².